The number of hydrogen-bond donors (Lipinski definition) is 1. The maximum atomic E-state index is 5.74. The second kappa shape index (κ2) is 8.32. The molecule has 1 aliphatic rings. The van der Waals surface area contributed by atoms with Gasteiger partial charge in [-0.1, -0.05) is 12.2 Å². The highest BCUT2D eigenvalue weighted by Gasteiger charge is 2.17. The first-order chi connectivity index (χ1) is 10.2. The van der Waals surface area contributed by atoms with Crippen molar-refractivity contribution < 1.29 is 9.47 Å². The molecule has 5 heteroatoms. The lowest BCUT2D eigenvalue weighted by molar-refractivity contribution is 0.0417. The van der Waals surface area contributed by atoms with Crippen molar-refractivity contribution in [2.24, 2.45) is 5.73 Å². The van der Waals surface area contributed by atoms with Gasteiger partial charge in [0.2, 0.25) is 0 Å². The minimum Gasteiger partial charge on any atom is -0.494 e. The van der Waals surface area contributed by atoms with E-state index in [-0.39, 0.29) is 0 Å². The number of benzene rings is 1. The van der Waals surface area contributed by atoms with Gasteiger partial charge in [0.05, 0.1) is 6.61 Å². The summed E-state index contributed by atoms with van der Waals surface area (Å²) in [4.78, 5) is 2.83. The predicted molar refractivity (Wildman–Crippen MR) is 88.9 cm³/mol. The third-order valence-electron chi connectivity index (χ3n) is 3.88. The van der Waals surface area contributed by atoms with Gasteiger partial charge in [-0.25, -0.2) is 0 Å². The van der Waals surface area contributed by atoms with Crippen LogP contribution in [-0.4, -0.2) is 49.3 Å². The maximum absolute atomic E-state index is 5.74. The Hall–Kier alpha value is -1.17. The Bertz CT molecular complexity index is 444. The third-order valence-corrected chi connectivity index (χ3v) is 4.11. The fourth-order valence-electron chi connectivity index (χ4n) is 2.53. The van der Waals surface area contributed by atoms with Crippen LogP contribution in [-0.2, 0) is 4.74 Å². The summed E-state index contributed by atoms with van der Waals surface area (Å²) in [6, 6.07) is 8.27. The Morgan fingerprint density at radius 3 is 2.62 bits per heavy atom. The molecule has 0 spiro atoms. The van der Waals surface area contributed by atoms with E-state index in [1.54, 1.807) is 0 Å². The van der Waals surface area contributed by atoms with Gasteiger partial charge >= 0.3 is 0 Å². The Kier molecular flexibility index (Phi) is 6.42. The molecule has 2 N–H and O–H groups in total. The minimum absolute atomic E-state index is 0.416. The van der Waals surface area contributed by atoms with Gasteiger partial charge in [-0.15, -0.1) is 0 Å². The molecule has 0 bridgehead atoms. The summed E-state index contributed by atoms with van der Waals surface area (Å²) in [6.07, 6.45) is 3.29. The van der Waals surface area contributed by atoms with Crippen LogP contribution in [0.1, 0.15) is 24.8 Å². The molecule has 1 fully saturated rings. The van der Waals surface area contributed by atoms with Gasteiger partial charge in [-0.3, -0.25) is 0 Å². The predicted octanol–water partition coefficient (Wildman–Crippen LogP) is 2.20. The quantitative estimate of drug-likeness (QED) is 0.618. The van der Waals surface area contributed by atoms with Crippen LogP contribution in [0.15, 0.2) is 24.3 Å². The zero-order valence-electron chi connectivity index (χ0n) is 12.6. The van der Waals surface area contributed by atoms with E-state index in [2.05, 4.69) is 11.9 Å². The summed E-state index contributed by atoms with van der Waals surface area (Å²) in [5, 5.41) is 0. The molecule has 1 saturated heterocycles. The van der Waals surface area contributed by atoms with Crippen LogP contribution in [0.3, 0.4) is 0 Å². The van der Waals surface area contributed by atoms with Crippen molar-refractivity contribution >= 4 is 17.2 Å². The number of nitrogens with zero attached hydrogens (tertiary/aromatic N) is 1. The molecule has 0 atom stereocenters. The van der Waals surface area contributed by atoms with Crippen LogP contribution >= 0.6 is 12.2 Å². The smallest absolute Gasteiger partial charge is 0.119 e. The van der Waals surface area contributed by atoms with Crippen LogP contribution in [0.5, 0.6) is 5.75 Å². The topological polar surface area (TPSA) is 47.7 Å². The normalized spacial score (nSPS) is 16.1. The van der Waals surface area contributed by atoms with Gasteiger partial charge in [0.15, 0.2) is 0 Å². The summed E-state index contributed by atoms with van der Waals surface area (Å²) >= 11 is 4.92. The first-order valence-electron chi connectivity index (χ1n) is 7.47. The lowest BCUT2D eigenvalue weighted by Gasteiger charge is -2.31. The van der Waals surface area contributed by atoms with Crippen molar-refractivity contribution in [2.75, 3.05) is 33.4 Å². The van der Waals surface area contributed by atoms with E-state index in [1.807, 2.05) is 24.3 Å². The Labute approximate surface area is 132 Å². The molecule has 2 rings (SSSR count). The van der Waals surface area contributed by atoms with Gasteiger partial charge < -0.3 is 20.1 Å². The van der Waals surface area contributed by atoms with E-state index in [9.17, 15) is 0 Å². The Balaban J connectivity index is 1.65. The van der Waals surface area contributed by atoms with Crippen LogP contribution in [0, 0.1) is 0 Å². The number of nitrogens with two attached hydrogens (primary N) is 1. The molecule has 1 aliphatic heterocycles. The first kappa shape index (κ1) is 16.2. The lowest BCUT2D eigenvalue weighted by Crippen LogP contribution is -2.37. The van der Waals surface area contributed by atoms with E-state index < -0.39 is 0 Å². The van der Waals surface area contributed by atoms with Crippen molar-refractivity contribution in [1.82, 2.24) is 4.90 Å². The average molecular weight is 308 g/mol. The molecule has 4 nitrogen and oxygen atoms in total. The first-order valence-corrected chi connectivity index (χ1v) is 7.88. The molecular formula is C16H24N2O2S. The maximum Gasteiger partial charge on any atom is 0.119 e. The zero-order chi connectivity index (χ0) is 15.1. The van der Waals surface area contributed by atoms with Crippen molar-refractivity contribution in [3.8, 4) is 5.75 Å². The summed E-state index contributed by atoms with van der Waals surface area (Å²) in [5.41, 5.74) is 6.44. The van der Waals surface area contributed by atoms with Gasteiger partial charge in [-0.05, 0) is 50.6 Å². The van der Waals surface area contributed by atoms with E-state index in [4.69, 9.17) is 27.4 Å². The molecule has 0 saturated carbocycles. The highest BCUT2D eigenvalue weighted by Crippen LogP contribution is 2.14. The second-order valence-corrected chi connectivity index (χ2v) is 5.85. The van der Waals surface area contributed by atoms with Crippen molar-refractivity contribution in [1.29, 1.82) is 0 Å². The average Bonchev–Trinajstić information content (AvgIpc) is 2.52. The van der Waals surface area contributed by atoms with Crippen LogP contribution in [0.2, 0.25) is 0 Å². The number of hydrogen-bond acceptors (Lipinski definition) is 4. The number of ether oxygens (including phenoxy) is 2. The number of thiocarbonyl (C=S) groups is 1. The highest BCUT2D eigenvalue weighted by atomic mass is 32.1. The van der Waals surface area contributed by atoms with E-state index in [0.717, 1.165) is 56.9 Å². The molecule has 0 radical (unpaired) electrons. The monoisotopic (exact) mass is 308 g/mol. The molecule has 1 aromatic carbocycles. The standard InChI is InChI=1S/C16H24N2O2S/c1-18(14-7-11-19-12-8-14)9-2-10-20-15-5-3-13(4-6-15)16(17)21/h3-6,14H,2,7-12H2,1H3,(H2,17,21). The van der Waals surface area contributed by atoms with Gasteiger partial charge in [0.1, 0.15) is 10.7 Å². The highest BCUT2D eigenvalue weighted by molar-refractivity contribution is 7.80. The van der Waals surface area contributed by atoms with Crippen molar-refractivity contribution in [2.45, 2.75) is 25.3 Å². The Morgan fingerprint density at radius 1 is 1.33 bits per heavy atom. The molecule has 116 valence electrons. The van der Waals surface area contributed by atoms with Crippen LogP contribution < -0.4 is 10.5 Å². The van der Waals surface area contributed by atoms with Gasteiger partial charge in [0, 0.05) is 31.4 Å². The largest absolute Gasteiger partial charge is 0.494 e. The summed E-state index contributed by atoms with van der Waals surface area (Å²) < 4.78 is 11.1. The van der Waals surface area contributed by atoms with Crippen LogP contribution in [0.4, 0.5) is 0 Å². The van der Waals surface area contributed by atoms with Gasteiger partial charge in [-0.2, -0.15) is 0 Å². The van der Waals surface area contributed by atoms with E-state index in [0.29, 0.717) is 11.0 Å². The fraction of sp³-hybridized carbons (Fsp3) is 0.562. The van der Waals surface area contributed by atoms with E-state index >= 15 is 0 Å². The molecular weight excluding hydrogens is 284 g/mol. The lowest BCUT2D eigenvalue weighted by atomic mass is 10.1. The molecule has 21 heavy (non-hydrogen) atoms. The summed E-state index contributed by atoms with van der Waals surface area (Å²) in [6.45, 7) is 3.55. The second-order valence-electron chi connectivity index (χ2n) is 5.41. The minimum atomic E-state index is 0.416. The van der Waals surface area contributed by atoms with Crippen molar-refractivity contribution in [3.05, 3.63) is 29.8 Å². The molecule has 1 heterocycles. The molecule has 0 aromatic heterocycles. The summed E-state index contributed by atoms with van der Waals surface area (Å²) in [5.74, 6) is 0.865. The molecule has 0 unspecified atom stereocenters. The fourth-order valence-corrected chi connectivity index (χ4v) is 2.66. The Morgan fingerprint density at radius 2 is 2.00 bits per heavy atom. The SMILES string of the molecule is CN(CCCOc1ccc(C(N)=S)cc1)C1CCOCC1. The van der Waals surface area contributed by atoms with E-state index in [1.165, 1.54) is 0 Å². The van der Waals surface area contributed by atoms with Gasteiger partial charge in [0.25, 0.3) is 0 Å². The molecule has 0 aliphatic carbocycles. The van der Waals surface area contributed by atoms with Crippen molar-refractivity contribution in [3.63, 3.8) is 0 Å². The number of rotatable bonds is 7. The molecule has 1 aromatic rings. The molecule has 0 amide bonds. The third kappa shape index (κ3) is 5.26. The summed E-state index contributed by atoms with van der Waals surface area (Å²) in [7, 11) is 2.19. The van der Waals surface area contributed by atoms with Crippen LogP contribution in [0.25, 0.3) is 0 Å². The zero-order valence-corrected chi connectivity index (χ0v) is 13.4.